The Labute approximate surface area is 235 Å². The fraction of sp³-hybridized carbons (Fsp3) is 0.750. The van der Waals surface area contributed by atoms with Gasteiger partial charge in [0.2, 0.25) is 16.2 Å². The van der Waals surface area contributed by atoms with Gasteiger partial charge in [0.15, 0.2) is 5.82 Å². The number of piperazine rings is 1. The highest BCUT2D eigenvalue weighted by molar-refractivity contribution is 7.19. The van der Waals surface area contributed by atoms with Gasteiger partial charge in [0.05, 0.1) is 6.04 Å². The van der Waals surface area contributed by atoms with E-state index in [1.807, 2.05) is 12.1 Å². The third kappa shape index (κ3) is 6.05. The van der Waals surface area contributed by atoms with Crippen molar-refractivity contribution in [3.63, 3.8) is 0 Å². The van der Waals surface area contributed by atoms with Gasteiger partial charge in [-0.3, -0.25) is 19.9 Å². The Hall–Kier alpha value is -2.37. The van der Waals surface area contributed by atoms with Gasteiger partial charge in [0.1, 0.15) is 0 Å². The summed E-state index contributed by atoms with van der Waals surface area (Å²) in [5, 5.41) is 25.0. The first-order chi connectivity index (χ1) is 19.0. The summed E-state index contributed by atoms with van der Waals surface area (Å²) in [6.07, 6.45) is 11.8. The van der Waals surface area contributed by atoms with E-state index in [1.54, 1.807) is 6.20 Å². The number of carbonyl (C=O) groups is 1. The second kappa shape index (κ2) is 11.6. The average Bonchev–Trinajstić information content (AvgIpc) is 3.59. The van der Waals surface area contributed by atoms with E-state index >= 15 is 0 Å². The molecule has 0 radical (unpaired) electrons. The number of aromatic nitrogens is 4. The van der Waals surface area contributed by atoms with E-state index in [1.165, 1.54) is 43.4 Å². The third-order valence-electron chi connectivity index (χ3n) is 9.75. The molecule has 212 valence electrons. The molecule has 2 N–H and O–H groups in total. The molecule has 10 nitrogen and oxygen atoms in total. The van der Waals surface area contributed by atoms with Gasteiger partial charge in [-0.25, -0.2) is 0 Å². The fourth-order valence-corrected chi connectivity index (χ4v) is 7.91. The van der Waals surface area contributed by atoms with Crippen molar-refractivity contribution in [2.45, 2.75) is 83.3 Å². The Morgan fingerprint density at radius 2 is 1.72 bits per heavy atom. The molecule has 2 atom stereocenters. The maximum absolute atomic E-state index is 13.9. The zero-order chi connectivity index (χ0) is 26.8. The lowest BCUT2D eigenvalue weighted by molar-refractivity contribution is -0.125. The normalized spacial score (nSPS) is 25.1. The van der Waals surface area contributed by atoms with Crippen molar-refractivity contribution in [1.82, 2.24) is 30.2 Å². The molecule has 4 fully saturated rings. The number of rotatable bonds is 8. The van der Waals surface area contributed by atoms with Crippen molar-refractivity contribution < 1.29 is 4.79 Å². The van der Waals surface area contributed by atoms with Crippen LogP contribution in [0.5, 0.6) is 0 Å². The standard InChI is InChI=1S/C28H43N9OS/c1-20(2)35-15-17-36(18-16-35)24(21-6-11-28(12-7-21)9-4-10-28)25(38)31-27-34-33-26(39-27)30-22-8-14-37(19-22)23-5-3-13-29-32-23/h3,5,13,20-22,24H,4,6-12,14-19H2,1-2H3,(H,30,33)(H,31,34,38)/t22-,24+/m1/s1. The second-order valence-electron chi connectivity index (χ2n) is 12.4. The molecule has 4 aliphatic rings. The zero-order valence-electron chi connectivity index (χ0n) is 23.4. The number of amides is 1. The van der Waals surface area contributed by atoms with Crippen LogP contribution in [0.2, 0.25) is 0 Å². The highest BCUT2D eigenvalue weighted by Crippen LogP contribution is 2.53. The summed E-state index contributed by atoms with van der Waals surface area (Å²) in [5.74, 6) is 1.41. The van der Waals surface area contributed by atoms with Crippen molar-refractivity contribution in [1.29, 1.82) is 0 Å². The molecule has 0 unspecified atom stereocenters. The van der Waals surface area contributed by atoms with E-state index in [-0.39, 0.29) is 18.0 Å². The van der Waals surface area contributed by atoms with E-state index in [0.717, 1.165) is 69.5 Å². The van der Waals surface area contributed by atoms with Crippen LogP contribution < -0.4 is 15.5 Å². The predicted octanol–water partition coefficient (Wildman–Crippen LogP) is 3.71. The van der Waals surface area contributed by atoms with E-state index < -0.39 is 0 Å². The molecule has 2 aromatic rings. The smallest absolute Gasteiger partial charge is 0.243 e. The molecule has 2 aromatic heterocycles. The fourth-order valence-electron chi connectivity index (χ4n) is 7.19. The topological polar surface area (TPSA) is 102 Å². The summed E-state index contributed by atoms with van der Waals surface area (Å²) in [4.78, 5) is 21.1. The minimum Gasteiger partial charge on any atom is -0.355 e. The Bertz CT molecular complexity index is 1090. The van der Waals surface area contributed by atoms with Crippen molar-refractivity contribution in [3.05, 3.63) is 18.3 Å². The minimum atomic E-state index is -0.0904. The first kappa shape index (κ1) is 26.8. The summed E-state index contributed by atoms with van der Waals surface area (Å²) in [6, 6.07) is 4.62. The first-order valence-corrected chi connectivity index (χ1v) is 15.7. The zero-order valence-corrected chi connectivity index (χ0v) is 24.2. The quantitative estimate of drug-likeness (QED) is 0.506. The Morgan fingerprint density at radius 3 is 2.38 bits per heavy atom. The lowest BCUT2D eigenvalue weighted by Gasteiger charge is -2.50. The molecule has 2 aliphatic carbocycles. The Kier molecular flexibility index (Phi) is 8.00. The van der Waals surface area contributed by atoms with Crippen LogP contribution in [0.15, 0.2) is 18.3 Å². The third-order valence-corrected chi connectivity index (χ3v) is 10.5. The maximum atomic E-state index is 13.9. The SMILES string of the molecule is CC(C)N1CCN([C@H](C(=O)Nc2nnc(N[C@@H]3CCN(c4cccnn4)C3)s2)C2CCC3(CCC3)CC2)CC1. The molecular formula is C28H43N9OS. The van der Waals surface area contributed by atoms with Crippen LogP contribution in [0.4, 0.5) is 16.1 Å². The average molecular weight is 554 g/mol. The number of anilines is 3. The van der Waals surface area contributed by atoms with Crippen LogP contribution in [0.1, 0.15) is 65.2 Å². The van der Waals surface area contributed by atoms with Crippen LogP contribution in [0, 0.1) is 11.3 Å². The van der Waals surface area contributed by atoms with E-state index in [2.05, 4.69) is 59.6 Å². The van der Waals surface area contributed by atoms with Crippen molar-refractivity contribution >= 4 is 33.3 Å². The van der Waals surface area contributed by atoms with Gasteiger partial charge >= 0.3 is 0 Å². The summed E-state index contributed by atoms with van der Waals surface area (Å²) >= 11 is 1.43. The maximum Gasteiger partial charge on any atom is 0.243 e. The number of carbonyl (C=O) groups excluding carboxylic acids is 1. The van der Waals surface area contributed by atoms with Crippen molar-refractivity contribution in [2.75, 3.05) is 54.8 Å². The summed E-state index contributed by atoms with van der Waals surface area (Å²) in [7, 11) is 0. The summed E-state index contributed by atoms with van der Waals surface area (Å²) < 4.78 is 0. The van der Waals surface area contributed by atoms with Gasteiger partial charge in [0.25, 0.3) is 0 Å². The predicted molar refractivity (Wildman–Crippen MR) is 155 cm³/mol. The van der Waals surface area contributed by atoms with E-state index in [0.29, 0.717) is 22.5 Å². The van der Waals surface area contributed by atoms with Crippen LogP contribution in [0.25, 0.3) is 0 Å². The van der Waals surface area contributed by atoms with Crippen molar-refractivity contribution in [3.8, 4) is 0 Å². The number of nitrogens with zero attached hydrogens (tertiary/aromatic N) is 7. The molecular weight excluding hydrogens is 510 g/mol. The molecule has 2 saturated carbocycles. The molecule has 4 heterocycles. The van der Waals surface area contributed by atoms with Crippen LogP contribution in [-0.4, -0.2) is 93.5 Å². The van der Waals surface area contributed by atoms with Gasteiger partial charge in [0, 0.05) is 57.5 Å². The molecule has 0 aromatic carbocycles. The van der Waals surface area contributed by atoms with Gasteiger partial charge in [-0.15, -0.1) is 15.3 Å². The number of hydrogen-bond acceptors (Lipinski definition) is 10. The van der Waals surface area contributed by atoms with Crippen LogP contribution in [-0.2, 0) is 4.79 Å². The molecule has 11 heteroatoms. The van der Waals surface area contributed by atoms with E-state index in [9.17, 15) is 4.79 Å². The molecule has 1 amide bonds. The lowest BCUT2D eigenvalue weighted by atomic mass is 9.58. The van der Waals surface area contributed by atoms with Gasteiger partial charge in [-0.1, -0.05) is 17.8 Å². The molecule has 6 rings (SSSR count). The van der Waals surface area contributed by atoms with E-state index in [4.69, 9.17) is 0 Å². The summed E-state index contributed by atoms with van der Waals surface area (Å²) in [6.45, 7) is 10.2. The summed E-state index contributed by atoms with van der Waals surface area (Å²) in [5.41, 5.74) is 0.594. The minimum absolute atomic E-state index is 0.0904. The molecule has 2 saturated heterocycles. The molecule has 1 spiro atoms. The lowest BCUT2D eigenvalue weighted by Crippen LogP contribution is -2.58. The monoisotopic (exact) mass is 553 g/mol. The first-order valence-electron chi connectivity index (χ1n) is 14.9. The molecule has 0 bridgehead atoms. The Morgan fingerprint density at radius 1 is 0.974 bits per heavy atom. The van der Waals surface area contributed by atoms with Crippen molar-refractivity contribution in [2.24, 2.45) is 11.3 Å². The van der Waals surface area contributed by atoms with Crippen LogP contribution in [0.3, 0.4) is 0 Å². The molecule has 2 aliphatic heterocycles. The number of hydrogen-bond donors (Lipinski definition) is 2. The van der Waals surface area contributed by atoms with Crippen LogP contribution >= 0.6 is 11.3 Å². The second-order valence-corrected chi connectivity index (χ2v) is 13.3. The largest absolute Gasteiger partial charge is 0.355 e. The van der Waals surface area contributed by atoms with Gasteiger partial charge in [-0.2, -0.15) is 5.10 Å². The highest BCUT2D eigenvalue weighted by atomic mass is 32.1. The number of nitrogens with one attached hydrogen (secondary N) is 2. The van der Waals surface area contributed by atoms with Gasteiger partial charge in [-0.05, 0) is 82.3 Å². The molecule has 39 heavy (non-hydrogen) atoms. The highest BCUT2D eigenvalue weighted by Gasteiger charge is 2.44. The van der Waals surface area contributed by atoms with Gasteiger partial charge < -0.3 is 10.2 Å². The Balaban J connectivity index is 1.08.